The van der Waals surface area contributed by atoms with E-state index in [2.05, 4.69) is 55.5 Å². The number of hydrogen-bond acceptors (Lipinski definition) is 2. The van der Waals surface area contributed by atoms with E-state index in [9.17, 15) is 4.79 Å². The van der Waals surface area contributed by atoms with Crippen LogP contribution >= 0.6 is 0 Å². The number of allylic oxidation sites excluding steroid dienone is 8. The van der Waals surface area contributed by atoms with Gasteiger partial charge >= 0.3 is 5.97 Å². The lowest BCUT2D eigenvalue weighted by atomic mass is 10.1. The Hall–Kier alpha value is -1.87. The topological polar surface area (TPSA) is 49.8 Å². The Balaban J connectivity index is 1.94. The van der Waals surface area contributed by atoms with Crippen molar-refractivity contribution < 1.29 is 14.6 Å². The summed E-state index contributed by atoms with van der Waals surface area (Å²) in [6.07, 6.45) is 29.0. The van der Waals surface area contributed by atoms with E-state index < -0.39 is 5.97 Å². The van der Waals surface area contributed by atoms with Gasteiger partial charge in [0.15, 0.2) is 0 Å². The molecule has 1 heterocycles. The molecule has 1 aliphatic rings. The Morgan fingerprint density at radius 3 is 2.40 bits per heavy atom. The maximum absolute atomic E-state index is 10.3. The number of carbonyl (C=O) groups is 1. The molecule has 0 spiro atoms. The molecule has 1 fully saturated rings. The summed E-state index contributed by atoms with van der Waals surface area (Å²) in [5, 5.41) is 8.51. The second-order valence-corrected chi connectivity index (χ2v) is 6.14. The van der Waals surface area contributed by atoms with Crippen LogP contribution in [-0.4, -0.2) is 23.3 Å². The Morgan fingerprint density at radius 2 is 1.64 bits per heavy atom. The van der Waals surface area contributed by atoms with E-state index in [-0.39, 0.29) is 6.42 Å². The van der Waals surface area contributed by atoms with Gasteiger partial charge in [-0.3, -0.25) is 4.79 Å². The monoisotopic (exact) mass is 344 g/mol. The van der Waals surface area contributed by atoms with E-state index in [1.54, 1.807) is 0 Å². The fourth-order valence-corrected chi connectivity index (χ4v) is 2.36. The Kier molecular flexibility index (Phi) is 12.3. The van der Waals surface area contributed by atoms with Gasteiger partial charge in [0.25, 0.3) is 0 Å². The van der Waals surface area contributed by atoms with E-state index >= 15 is 0 Å². The van der Waals surface area contributed by atoms with E-state index in [4.69, 9.17) is 9.84 Å². The molecule has 1 N–H and O–H groups in total. The van der Waals surface area contributed by atoms with E-state index in [1.165, 1.54) is 0 Å². The third-order valence-corrected chi connectivity index (χ3v) is 3.85. The first-order valence-corrected chi connectivity index (χ1v) is 9.41. The molecule has 138 valence electrons. The maximum atomic E-state index is 10.3. The summed E-state index contributed by atoms with van der Waals surface area (Å²) in [5.41, 5.74) is 0. The number of carboxylic acid groups (broad SMARTS) is 1. The SMILES string of the molecule is CC/C=C\CC1OC1/C=C/C=C\C=C/CCCC/C=C\CCC(=O)O. The molecule has 25 heavy (non-hydrogen) atoms. The van der Waals surface area contributed by atoms with Crippen LogP contribution in [0.25, 0.3) is 0 Å². The second kappa shape index (κ2) is 14.5. The summed E-state index contributed by atoms with van der Waals surface area (Å²) in [6.45, 7) is 2.14. The molecule has 1 rings (SSSR count). The smallest absolute Gasteiger partial charge is 0.303 e. The zero-order valence-electron chi connectivity index (χ0n) is 15.3. The lowest BCUT2D eigenvalue weighted by molar-refractivity contribution is -0.136. The van der Waals surface area contributed by atoms with Crippen LogP contribution < -0.4 is 0 Å². The lowest BCUT2D eigenvalue weighted by Gasteiger charge is -1.93. The molecule has 0 aromatic heterocycles. The van der Waals surface area contributed by atoms with Crippen LogP contribution in [-0.2, 0) is 9.53 Å². The van der Waals surface area contributed by atoms with Gasteiger partial charge in [-0.1, -0.05) is 67.7 Å². The summed E-state index contributed by atoms with van der Waals surface area (Å²) >= 11 is 0. The van der Waals surface area contributed by atoms with Gasteiger partial charge in [0.05, 0.1) is 6.10 Å². The minimum atomic E-state index is -0.730. The number of ether oxygens (including phenoxy) is 1. The van der Waals surface area contributed by atoms with Gasteiger partial charge in [0, 0.05) is 6.42 Å². The third-order valence-electron chi connectivity index (χ3n) is 3.85. The first-order valence-electron chi connectivity index (χ1n) is 9.41. The van der Waals surface area contributed by atoms with Crippen LogP contribution in [0.5, 0.6) is 0 Å². The van der Waals surface area contributed by atoms with Crippen molar-refractivity contribution in [1.29, 1.82) is 0 Å². The van der Waals surface area contributed by atoms with Crippen LogP contribution in [0, 0.1) is 0 Å². The van der Waals surface area contributed by atoms with E-state index in [0.717, 1.165) is 38.5 Å². The van der Waals surface area contributed by atoms with Crippen LogP contribution in [0.4, 0.5) is 0 Å². The minimum Gasteiger partial charge on any atom is -0.481 e. The Bertz CT molecular complexity index is 497. The van der Waals surface area contributed by atoms with Gasteiger partial charge < -0.3 is 9.84 Å². The second-order valence-electron chi connectivity index (χ2n) is 6.14. The summed E-state index contributed by atoms with van der Waals surface area (Å²) < 4.78 is 5.56. The van der Waals surface area contributed by atoms with Crippen LogP contribution in [0.2, 0.25) is 0 Å². The first kappa shape index (κ1) is 21.2. The van der Waals surface area contributed by atoms with E-state index in [0.29, 0.717) is 18.6 Å². The summed E-state index contributed by atoms with van der Waals surface area (Å²) in [4.78, 5) is 10.3. The molecule has 1 aliphatic heterocycles. The minimum absolute atomic E-state index is 0.226. The molecule has 0 aromatic rings. The van der Waals surface area contributed by atoms with Gasteiger partial charge in [-0.2, -0.15) is 0 Å². The predicted molar refractivity (Wildman–Crippen MR) is 105 cm³/mol. The fraction of sp³-hybridized carbons (Fsp3) is 0.500. The Morgan fingerprint density at radius 1 is 0.920 bits per heavy atom. The highest BCUT2D eigenvalue weighted by Gasteiger charge is 2.34. The van der Waals surface area contributed by atoms with Gasteiger partial charge in [0.2, 0.25) is 0 Å². The largest absolute Gasteiger partial charge is 0.481 e. The van der Waals surface area contributed by atoms with E-state index in [1.807, 2.05) is 12.2 Å². The fourth-order valence-electron chi connectivity index (χ4n) is 2.36. The summed E-state index contributed by atoms with van der Waals surface area (Å²) in [7, 11) is 0. The predicted octanol–water partition coefficient (Wildman–Crippen LogP) is 5.76. The van der Waals surface area contributed by atoms with Gasteiger partial charge in [-0.15, -0.1) is 0 Å². The van der Waals surface area contributed by atoms with Gasteiger partial charge in [-0.25, -0.2) is 0 Å². The molecular weight excluding hydrogens is 312 g/mol. The molecule has 0 saturated carbocycles. The van der Waals surface area contributed by atoms with Crippen molar-refractivity contribution in [2.75, 3.05) is 0 Å². The number of carboxylic acids is 1. The lowest BCUT2D eigenvalue weighted by Crippen LogP contribution is -1.91. The average Bonchev–Trinajstić information content (AvgIpc) is 3.33. The molecule has 0 amide bonds. The molecule has 1 saturated heterocycles. The highest BCUT2D eigenvalue weighted by molar-refractivity contribution is 5.66. The van der Waals surface area contributed by atoms with Crippen LogP contribution in [0.15, 0.2) is 60.8 Å². The highest BCUT2D eigenvalue weighted by atomic mass is 16.6. The van der Waals surface area contributed by atoms with Gasteiger partial charge in [0.1, 0.15) is 6.10 Å². The standard InChI is InChI=1S/C22H32O3/c1-2-3-14-17-20-21(25-20)18-15-12-10-8-6-4-5-7-9-11-13-16-19-22(23)24/h3,6,8,10-15,18,20-21H,2,4-5,7,9,16-17,19H2,1H3,(H,23,24)/b8-6-,12-10-,13-11-,14-3-,18-15+. The van der Waals surface area contributed by atoms with Crippen molar-refractivity contribution in [3.63, 3.8) is 0 Å². The zero-order valence-corrected chi connectivity index (χ0v) is 15.3. The number of aliphatic carboxylic acids is 1. The number of epoxide rings is 1. The summed E-state index contributed by atoms with van der Waals surface area (Å²) in [5.74, 6) is -0.730. The molecule has 0 bridgehead atoms. The number of unbranched alkanes of at least 4 members (excludes halogenated alkanes) is 3. The molecule has 0 radical (unpaired) electrons. The van der Waals surface area contributed by atoms with Crippen molar-refractivity contribution in [3.8, 4) is 0 Å². The maximum Gasteiger partial charge on any atom is 0.303 e. The molecule has 2 atom stereocenters. The zero-order chi connectivity index (χ0) is 18.2. The number of hydrogen-bond donors (Lipinski definition) is 1. The van der Waals surface area contributed by atoms with Crippen molar-refractivity contribution in [3.05, 3.63) is 60.8 Å². The van der Waals surface area contributed by atoms with Crippen molar-refractivity contribution in [1.82, 2.24) is 0 Å². The number of rotatable bonds is 14. The highest BCUT2D eigenvalue weighted by Crippen LogP contribution is 2.26. The third kappa shape index (κ3) is 13.1. The van der Waals surface area contributed by atoms with Gasteiger partial charge in [-0.05, 0) is 44.9 Å². The molecule has 3 heteroatoms. The van der Waals surface area contributed by atoms with Crippen molar-refractivity contribution in [2.45, 2.75) is 70.5 Å². The Labute approximate surface area is 152 Å². The van der Waals surface area contributed by atoms with Crippen molar-refractivity contribution in [2.24, 2.45) is 0 Å². The normalized spacial score (nSPS) is 20.8. The molecule has 3 nitrogen and oxygen atoms in total. The average molecular weight is 344 g/mol. The van der Waals surface area contributed by atoms with Crippen molar-refractivity contribution >= 4 is 5.97 Å². The molecule has 2 unspecified atom stereocenters. The summed E-state index contributed by atoms with van der Waals surface area (Å²) in [6, 6.07) is 0. The quantitative estimate of drug-likeness (QED) is 0.189. The molecule has 0 aliphatic carbocycles. The molecular formula is C22H32O3. The van der Waals surface area contributed by atoms with Crippen LogP contribution in [0.3, 0.4) is 0 Å². The first-order chi connectivity index (χ1) is 12.2. The molecule has 0 aromatic carbocycles. The van der Waals surface area contributed by atoms with Crippen LogP contribution in [0.1, 0.15) is 58.3 Å².